The summed E-state index contributed by atoms with van der Waals surface area (Å²) in [5.41, 5.74) is 0.0583. The van der Waals surface area contributed by atoms with Gasteiger partial charge in [-0.15, -0.1) is 0 Å². The van der Waals surface area contributed by atoms with Crippen LogP contribution in [0.5, 0.6) is 5.75 Å². The summed E-state index contributed by atoms with van der Waals surface area (Å²) in [5, 5.41) is 14.9. The van der Waals surface area contributed by atoms with Crippen molar-refractivity contribution >= 4 is 68.0 Å². The second-order valence-corrected chi connectivity index (χ2v) is 12.4. The van der Waals surface area contributed by atoms with Gasteiger partial charge in [-0.3, -0.25) is 24.0 Å². The summed E-state index contributed by atoms with van der Waals surface area (Å²) in [6.07, 6.45) is 0. The Balaban J connectivity index is 2.20. The molecule has 43 heavy (non-hydrogen) atoms. The van der Waals surface area contributed by atoms with Gasteiger partial charge in [0.05, 0.1) is 22.6 Å². The van der Waals surface area contributed by atoms with E-state index in [1.807, 2.05) is 0 Å². The SMILES string of the molecule is CCNC(=O)[C@@H](C)N(Cc1c(Cl)cccc1Cl)C(=O)CN(c1cc(Cl)ccc1OC)S(=O)(=O)c1ccc(C)c([N+](=O)[O-])c1. The number of carbonyl (C=O) groups is 2. The van der Waals surface area contributed by atoms with Crippen molar-refractivity contribution < 1.29 is 27.7 Å². The lowest BCUT2D eigenvalue weighted by Crippen LogP contribution is -2.51. The van der Waals surface area contributed by atoms with Gasteiger partial charge in [0, 0.05) is 45.4 Å². The summed E-state index contributed by atoms with van der Waals surface area (Å²) in [6, 6.07) is 11.3. The number of nitrogens with zero attached hydrogens (tertiary/aromatic N) is 3. The molecule has 0 saturated heterocycles. The van der Waals surface area contributed by atoms with Crippen molar-refractivity contribution in [1.82, 2.24) is 10.2 Å². The summed E-state index contributed by atoms with van der Waals surface area (Å²) in [6.45, 7) is 3.87. The molecule has 0 radical (unpaired) electrons. The fraction of sp³-hybridized carbons (Fsp3) is 0.286. The Labute approximate surface area is 264 Å². The van der Waals surface area contributed by atoms with Gasteiger partial charge in [-0.2, -0.15) is 0 Å². The summed E-state index contributed by atoms with van der Waals surface area (Å²) in [4.78, 5) is 38.6. The zero-order valence-corrected chi connectivity index (χ0v) is 26.7. The predicted molar refractivity (Wildman–Crippen MR) is 166 cm³/mol. The van der Waals surface area contributed by atoms with E-state index in [9.17, 15) is 28.1 Å². The minimum Gasteiger partial charge on any atom is -0.495 e. The molecule has 1 atom stereocenters. The standard InChI is InChI=1S/C28H29Cl3N4O7S/c1-5-32-28(37)18(3)33(15-21-22(30)7-6-8-23(21)31)27(36)16-34(25-13-19(29)10-12-26(25)42-4)43(40,41)20-11-9-17(2)24(14-20)35(38)39/h6-14,18H,5,15-16H2,1-4H3,(H,32,37)/t18-/m1/s1. The number of halogens is 3. The van der Waals surface area contributed by atoms with Gasteiger partial charge in [0.25, 0.3) is 15.7 Å². The van der Waals surface area contributed by atoms with E-state index in [0.717, 1.165) is 15.3 Å². The van der Waals surface area contributed by atoms with Crippen LogP contribution in [-0.2, 0) is 26.2 Å². The molecule has 230 valence electrons. The minimum atomic E-state index is -4.66. The molecular formula is C28H29Cl3N4O7S. The lowest BCUT2D eigenvalue weighted by atomic mass is 10.1. The van der Waals surface area contributed by atoms with Crippen LogP contribution in [0.15, 0.2) is 59.5 Å². The van der Waals surface area contributed by atoms with Crippen molar-refractivity contribution in [2.24, 2.45) is 0 Å². The number of rotatable bonds is 12. The minimum absolute atomic E-state index is 0.0554. The second-order valence-electron chi connectivity index (χ2n) is 9.33. The number of hydrogen-bond acceptors (Lipinski definition) is 7. The number of nitro groups is 1. The van der Waals surface area contributed by atoms with E-state index in [0.29, 0.717) is 5.56 Å². The van der Waals surface area contributed by atoms with Crippen LogP contribution >= 0.6 is 34.8 Å². The number of methoxy groups -OCH3 is 1. The van der Waals surface area contributed by atoms with Crippen LogP contribution < -0.4 is 14.4 Å². The Morgan fingerprint density at radius 3 is 2.30 bits per heavy atom. The molecule has 0 fully saturated rings. The molecule has 0 heterocycles. The number of hydrogen-bond donors (Lipinski definition) is 1. The summed E-state index contributed by atoms with van der Waals surface area (Å²) >= 11 is 19.0. The van der Waals surface area contributed by atoms with Crippen LogP contribution in [0.3, 0.4) is 0 Å². The molecule has 2 amide bonds. The predicted octanol–water partition coefficient (Wildman–Crippen LogP) is 5.62. The molecule has 1 N–H and O–H groups in total. The molecule has 3 rings (SSSR count). The molecule has 11 nitrogen and oxygen atoms in total. The van der Waals surface area contributed by atoms with Gasteiger partial charge >= 0.3 is 0 Å². The largest absolute Gasteiger partial charge is 0.495 e. The first kappa shape index (κ1) is 33.9. The summed E-state index contributed by atoms with van der Waals surface area (Å²) in [7, 11) is -3.36. The van der Waals surface area contributed by atoms with Crippen molar-refractivity contribution in [3.63, 3.8) is 0 Å². The molecule has 3 aromatic carbocycles. The van der Waals surface area contributed by atoms with Gasteiger partial charge < -0.3 is 15.0 Å². The highest BCUT2D eigenvalue weighted by molar-refractivity contribution is 7.92. The second kappa shape index (κ2) is 14.3. The molecule has 0 aliphatic rings. The highest BCUT2D eigenvalue weighted by Gasteiger charge is 2.35. The van der Waals surface area contributed by atoms with Crippen molar-refractivity contribution in [3.8, 4) is 5.75 Å². The molecule has 15 heteroatoms. The van der Waals surface area contributed by atoms with E-state index in [1.54, 1.807) is 25.1 Å². The first-order valence-electron chi connectivity index (χ1n) is 12.8. The number of ether oxygens (including phenoxy) is 1. The van der Waals surface area contributed by atoms with Crippen LogP contribution in [0.1, 0.15) is 25.0 Å². The molecule has 0 unspecified atom stereocenters. The molecule has 0 saturated carbocycles. The van der Waals surface area contributed by atoms with E-state index in [1.165, 1.54) is 51.3 Å². The monoisotopic (exact) mass is 670 g/mol. The van der Waals surface area contributed by atoms with E-state index in [2.05, 4.69) is 5.32 Å². The first-order valence-corrected chi connectivity index (χ1v) is 15.4. The van der Waals surface area contributed by atoms with Crippen LogP contribution in [-0.4, -0.2) is 56.3 Å². The van der Waals surface area contributed by atoms with Crippen LogP contribution in [0, 0.1) is 17.0 Å². The Morgan fingerprint density at radius 1 is 1.07 bits per heavy atom. The van der Waals surface area contributed by atoms with Crippen LogP contribution in [0.25, 0.3) is 0 Å². The number of aryl methyl sites for hydroxylation is 1. The number of nitrogens with one attached hydrogen (secondary N) is 1. The molecular weight excluding hydrogens is 643 g/mol. The Morgan fingerprint density at radius 2 is 1.72 bits per heavy atom. The summed E-state index contributed by atoms with van der Waals surface area (Å²) in [5.74, 6) is -1.25. The average Bonchev–Trinajstić information content (AvgIpc) is 2.95. The van der Waals surface area contributed by atoms with Crippen LogP contribution in [0.2, 0.25) is 15.1 Å². The van der Waals surface area contributed by atoms with Crippen molar-refractivity contribution in [2.75, 3.05) is 24.5 Å². The summed E-state index contributed by atoms with van der Waals surface area (Å²) < 4.78 is 34.4. The maximum atomic E-state index is 14.1. The normalized spacial score (nSPS) is 11.9. The van der Waals surface area contributed by atoms with E-state index < -0.39 is 49.9 Å². The van der Waals surface area contributed by atoms with E-state index >= 15 is 0 Å². The van der Waals surface area contributed by atoms with Crippen LogP contribution in [0.4, 0.5) is 11.4 Å². The average molecular weight is 672 g/mol. The Bertz CT molecular complexity index is 1630. The third kappa shape index (κ3) is 7.69. The van der Waals surface area contributed by atoms with E-state index in [-0.39, 0.29) is 45.2 Å². The number of likely N-dealkylation sites (N-methyl/N-ethyl adjacent to an activating group) is 1. The number of nitro benzene ring substituents is 1. The molecule has 0 aromatic heterocycles. The van der Waals surface area contributed by atoms with Crippen molar-refractivity contribution in [1.29, 1.82) is 0 Å². The Kier molecular flexibility index (Phi) is 11.2. The van der Waals surface area contributed by atoms with Gasteiger partial charge in [0.15, 0.2) is 0 Å². The molecule has 0 spiro atoms. The molecule has 0 bridgehead atoms. The van der Waals surface area contributed by atoms with Gasteiger partial charge in [-0.25, -0.2) is 8.42 Å². The lowest BCUT2D eigenvalue weighted by molar-refractivity contribution is -0.385. The molecule has 0 aliphatic carbocycles. The van der Waals surface area contributed by atoms with Crippen molar-refractivity contribution in [2.45, 2.75) is 38.3 Å². The molecule has 3 aromatic rings. The zero-order valence-electron chi connectivity index (χ0n) is 23.6. The van der Waals surface area contributed by atoms with Gasteiger partial charge in [-0.05, 0) is 57.2 Å². The Hall–Kier alpha value is -3.58. The van der Waals surface area contributed by atoms with Gasteiger partial charge in [-0.1, -0.05) is 46.9 Å². The fourth-order valence-corrected chi connectivity index (χ4v) is 6.32. The maximum absolute atomic E-state index is 14.1. The number of carbonyl (C=O) groups excluding carboxylic acids is 2. The van der Waals surface area contributed by atoms with E-state index in [4.69, 9.17) is 39.5 Å². The highest BCUT2D eigenvalue weighted by Crippen LogP contribution is 2.36. The number of benzene rings is 3. The fourth-order valence-electron chi connectivity index (χ4n) is 4.20. The molecule has 0 aliphatic heterocycles. The number of sulfonamides is 1. The third-order valence-corrected chi connectivity index (χ3v) is 9.26. The first-order chi connectivity index (χ1) is 20.2. The van der Waals surface area contributed by atoms with Gasteiger partial charge in [0.2, 0.25) is 11.8 Å². The zero-order chi connectivity index (χ0) is 32.1. The smallest absolute Gasteiger partial charge is 0.273 e. The quantitative estimate of drug-likeness (QED) is 0.195. The lowest BCUT2D eigenvalue weighted by Gasteiger charge is -2.32. The van der Waals surface area contributed by atoms with Gasteiger partial charge in [0.1, 0.15) is 18.3 Å². The van der Waals surface area contributed by atoms with Crippen molar-refractivity contribution in [3.05, 3.63) is 90.9 Å². The third-order valence-electron chi connectivity index (χ3n) is 6.56. The maximum Gasteiger partial charge on any atom is 0.273 e. The number of anilines is 1. The highest BCUT2D eigenvalue weighted by atomic mass is 35.5. The number of amides is 2. The topological polar surface area (TPSA) is 139 Å².